The number of aryl methyl sites for hydroxylation is 3. The third kappa shape index (κ3) is 2.24. The van der Waals surface area contributed by atoms with E-state index in [9.17, 15) is 4.79 Å². The predicted octanol–water partition coefficient (Wildman–Crippen LogP) is 3.57. The molecular formula is C20H19NO2. The van der Waals surface area contributed by atoms with Crippen molar-refractivity contribution in [2.24, 2.45) is 7.05 Å². The molecule has 0 saturated carbocycles. The molecule has 3 nitrogen and oxygen atoms in total. The molecule has 0 radical (unpaired) electrons. The van der Waals surface area contributed by atoms with Crippen LogP contribution in [0.3, 0.4) is 0 Å². The zero-order valence-corrected chi connectivity index (χ0v) is 13.4. The molecule has 0 spiro atoms. The van der Waals surface area contributed by atoms with Gasteiger partial charge in [-0.3, -0.25) is 0 Å². The van der Waals surface area contributed by atoms with Crippen LogP contribution in [0.1, 0.15) is 39.4 Å². The Morgan fingerprint density at radius 1 is 1.04 bits per heavy atom. The molecule has 3 heteroatoms. The molecule has 116 valence electrons. The molecule has 4 rings (SSSR count). The first-order valence-corrected chi connectivity index (χ1v) is 7.98. The molecule has 0 aliphatic heterocycles. The van der Waals surface area contributed by atoms with Gasteiger partial charge in [-0.2, -0.15) is 0 Å². The molecule has 1 aliphatic carbocycles. The standard InChI is InChI=1S/C20H19NO2/c1-13-7-9-15(10-8-13)18-16-6-4-3-5-14(16)11-12-17-19(18)20(22)23-21(17)2/h3-10,18H,11-12H2,1-2H3. The SMILES string of the molecule is Cc1ccc(C2c3ccccc3CCc3c2c(=O)on3C)cc1. The molecule has 1 aliphatic rings. The van der Waals surface area contributed by atoms with Crippen LogP contribution in [0.2, 0.25) is 0 Å². The van der Waals surface area contributed by atoms with Crippen LogP contribution in [0, 0.1) is 6.92 Å². The number of rotatable bonds is 1. The van der Waals surface area contributed by atoms with Gasteiger partial charge >= 0.3 is 5.63 Å². The van der Waals surface area contributed by atoms with Gasteiger partial charge in [-0.15, -0.1) is 0 Å². The van der Waals surface area contributed by atoms with E-state index in [-0.39, 0.29) is 11.5 Å². The topological polar surface area (TPSA) is 35.1 Å². The average molecular weight is 305 g/mol. The summed E-state index contributed by atoms with van der Waals surface area (Å²) < 4.78 is 7.02. The molecular weight excluding hydrogens is 286 g/mol. The summed E-state index contributed by atoms with van der Waals surface area (Å²) in [5.41, 5.74) is 6.48. The largest absolute Gasteiger partial charge is 0.361 e. The minimum Gasteiger partial charge on any atom is -0.336 e. The molecule has 0 bridgehead atoms. The van der Waals surface area contributed by atoms with Crippen LogP contribution < -0.4 is 5.63 Å². The highest BCUT2D eigenvalue weighted by molar-refractivity contribution is 5.49. The van der Waals surface area contributed by atoms with Gasteiger partial charge in [0.15, 0.2) is 0 Å². The first-order valence-electron chi connectivity index (χ1n) is 7.98. The minimum atomic E-state index is -0.218. The number of hydrogen-bond donors (Lipinski definition) is 0. The van der Waals surface area contributed by atoms with Crippen LogP contribution in [0.25, 0.3) is 0 Å². The van der Waals surface area contributed by atoms with Crippen LogP contribution in [-0.4, -0.2) is 4.74 Å². The van der Waals surface area contributed by atoms with Gasteiger partial charge in [-0.1, -0.05) is 54.1 Å². The van der Waals surface area contributed by atoms with Crippen LogP contribution >= 0.6 is 0 Å². The zero-order valence-electron chi connectivity index (χ0n) is 13.4. The van der Waals surface area contributed by atoms with E-state index in [1.165, 1.54) is 16.7 Å². The van der Waals surface area contributed by atoms with Gasteiger partial charge < -0.3 is 4.52 Å². The highest BCUT2D eigenvalue weighted by Crippen LogP contribution is 2.37. The summed E-state index contributed by atoms with van der Waals surface area (Å²) in [7, 11) is 1.82. The fraction of sp³-hybridized carbons (Fsp3) is 0.250. The fourth-order valence-corrected chi connectivity index (χ4v) is 3.65. The highest BCUT2D eigenvalue weighted by atomic mass is 16.5. The lowest BCUT2D eigenvalue weighted by molar-refractivity contribution is 0.276. The van der Waals surface area contributed by atoms with Gasteiger partial charge in [0.1, 0.15) is 0 Å². The summed E-state index contributed by atoms with van der Waals surface area (Å²) in [6.45, 7) is 2.08. The molecule has 1 heterocycles. The number of hydrogen-bond acceptors (Lipinski definition) is 2. The van der Waals surface area contributed by atoms with Crippen LogP contribution in [-0.2, 0) is 19.9 Å². The van der Waals surface area contributed by atoms with Crippen LogP contribution in [0.5, 0.6) is 0 Å². The van der Waals surface area contributed by atoms with Crippen LogP contribution in [0.15, 0.2) is 57.8 Å². The van der Waals surface area contributed by atoms with Gasteiger partial charge in [0.25, 0.3) is 0 Å². The van der Waals surface area contributed by atoms with Gasteiger partial charge in [0.2, 0.25) is 0 Å². The molecule has 1 aromatic heterocycles. The molecule has 1 unspecified atom stereocenters. The summed E-state index contributed by atoms with van der Waals surface area (Å²) in [6, 6.07) is 16.9. The summed E-state index contributed by atoms with van der Waals surface area (Å²) in [6.07, 6.45) is 1.76. The van der Waals surface area contributed by atoms with E-state index < -0.39 is 0 Å². The summed E-state index contributed by atoms with van der Waals surface area (Å²) in [5.74, 6) is -0.0539. The highest BCUT2D eigenvalue weighted by Gasteiger charge is 2.31. The van der Waals surface area contributed by atoms with Crippen molar-refractivity contribution >= 4 is 0 Å². The smallest absolute Gasteiger partial charge is 0.336 e. The summed E-state index contributed by atoms with van der Waals surface area (Å²) in [4.78, 5) is 12.5. The fourth-order valence-electron chi connectivity index (χ4n) is 3.65. The Labute approximate surface area is 135 Å². The van der Waals surface area contributed by atoms with Crippen molar-refractivity contribution in [1.29, 1.82) is 0 Å². The molecule has 0 fully saturated rings. The number of fused-ring (bicyclic) bond motifs is 2. The maximum Gasteiger partial charge on any atom is 0.361 e. The van der Waals surface area contributed by atoms with Crippen molar-refractivity contribution in [2.45, 2.75) is 25.7 Å². The van der Waals surface area contributed by atoms with Gasteiger partial charge in [-0.05, 0) is 36.5 Å². The molecule has 3 aromatic rings. The Hall–Kier alpha value is -2.55. The minimum absolute atomic E-state index is 0.0539. The lowest BCUT2D eigenvalue weighted by atomic mass is 9.84. The van der Waals surface area contributed by atoms with Gasteiger partial charge in [-0.25, -0.2) is 9.53 Å². The third-order valence-electron chi connectivity index (χ3n) is 4.83. The van der Waals surface area contributed by atoms with Crippen LogP contribution in [0.4, 0.5) is 0 Å². The number of benzene rings is 2. The van der Waals surface area contributed by atoms with E-state index in [1.54, 1.807) is 4.74 Å². The second kappa shape index (κ2) is 5.27. The zero-order chi connectivity index (χ0) is 16.0. The Morgan fingerprint density at radius 2 is 1.78 bits per heavy atom. The number of nitrogens with zero attached hydrogens (tertiary/aromatic N) is 1. The quantitative estimate of drug-likeness (QED) is 0.689. The van der Waals surface area contributed by atoms with E-state index in [0.717, 1.165) is 29.7 Å². The Balaban J connectivity index is 2.02. The van der Waals surface area contributed by atoms with Crippen molar-refractivity contribution in [3.8, 4) is 0 Å². The molecule has 0 N–H and O–H groups in total. The van der Waals surface area contributed by atoms with E-state index >= 15 is 0 Å². The average Bonchev–Trinajstić information content (AvgIpc) is 2.73. The first kappa shape index (κ1) is 14.1. The molecule has 23 heavy (non-hydrogen) atoms. The molecule has 2 aromatic carbocycles. The van der Waals surface area contributed by atoms with Crippen molar-refractivity contribution in [3.63, 3.8) is 0 Å². The Kier molecular flexibility index (Phi) is 3.22. The maximum absolute atomic E-state index is 12.5. The Morgan fingerprint density at radius 3 is 2.57 bits per heavy atom. The summed E-state index contributed by atoms with van der Waals surface area (Å²) in [5, 5.41) is 0. The van der Waals surface area contributed by atoms with E-state index in [2.05, 4.69) is 55.5 Å². The van der Waals surface area contributed by atoms with E-state index in [1.807, 2.05) is 7.05 Å². The number of aromatic nitrogens is 1. The molecule has 1 atom stereocenters. The first-order chi connectivity index (χ1) is 11.1. The molecule has 0 saturated heterocycles. The van der Waals surface area contributed by atoms with Gasteiger partial charge in [0.05, 0.1) is 11.3 Å². The maximum atomic E-state index is 12.5. The van der Waals surface area contributed by atoms with Gasteiger partial charge in [0, 0.05) is 13.0 Å². The van der Waals surface area contributed by atoms with Crippen molar-refractivity contribution in [1.82, 2.24) is 4.74 Å². The van der Waals surface area contributed by atoms with Crippen molar-refractivity contribution in [2.75, 3.05) is 0 Å². The lowest BCUT2D eigenvalue weighted by Crippen LogP contribution is -2.13. The molecule has 0 amide bonds. The normalized spacial score (nSPS) is 16.5. The second-order valence-corrected chi connectivity index (χ2v) is 6.28. The Bertz CT molecular complexity index is 916. The predicted molar refractivity (Wildman–Crippen MR) is 89.9 cm³/mol. The van der Waals surface area contributed by atoms with Crippen molar-refractivity contribution < 1.29 is 4.52 Å². The monoisotopic (exact) mass is 305 g/mol. The lowest BCUT2D eigenvalue weighted by Gasteiger charge is -2.18. The third-order valence-corrected chi connectivity index (χ3v) is 4.83. The van der Waals surface area contributed by atoms with Crippen molar-refractivity contribution in [3.05, 3.63) is 92.5 Å². The van der Waals surface area contributed by atoms with E-state index in [4.69, 9.17) is 4.52 Å². The summed E-state index contributed by atoms with van der Waals surface area (Å²) >= 11 is 0. The second-order valence-electron chi connectivity index (χ2n) is 6.28. The van der Waals surface area contributed by atoms with E-state index in [0.29, 0.717) is 0 Å².